The molecule has 8 nitrogen and oxygen atoms in total. The second-order valence-corrected chi connectivity index (χ2v) is 8.88. The number of nitrogens with zero attached hydrogens (tertiary/aromatic N) is 3. The Bertz CT molecular complexity index is 1220. The number of carbonyl (C=O) groups excluding carboxylic acids is 1. The summed E-state index contributed by atoms with van der Waals surface area (Å²) in [6, 6.07) is 9.55. The Morgan fingerprint density at radius 2 is 2.13 bits per heavy atom. The normalized spacial score (nSPS) is 15.4. The molecule has 1 aliphatic heterocycles. The molecule has 0 saturated carbocycles. The van der Waals surface area contributed by atoms with Gasteiger partial charge in [-0.25, -0.2) is 13.9 Å². The third-order valence-electron chi connectivity index (χ3n) is 4.98. The van der Waals surface area contributed by atoms with Crippen molar-refractivity contribution in [3.63, 3.8) is 0 Å². The van der Waals surface area contributed by atoms with E-state index in [0.29, 0.717) is 29.9 Å². The summed E-state index contributed by atoms with van der Waals surface area (Å²) in [6.45, 7) is 3.84. The quantitative estimate of drug-likeness (QED) is 0.610. The molecule has 0 spiro atoms. The number of carbonyl (C=O) groups is 1. The lowest BCUT2D eigenvalue weighted by molar-refractivity contribution is -0.129. The average Bonchev–Trinajstić information content (AvgIpc) is 3.34. The first-order valence-corrected chi connectivity index (χ1v) is 10.5. The van der Waals surface area contributed by atoms with Crippen molar-refractivity contribution in [2.75, 3.05) is 11.9 Å². The molecular formula is C21H22FN5O3S. The van der Waals surface area contributed by atoms with Gasteiger partial charge in [0.15, 0.2) is 5.60 Å². The van der Waals surface area contributed by atoms with Crippen molar-refractivity contribution in [3.05, 3.63) is 63.9 Å². The van der Waals surface area contributed by atoms with Gasteiger partial charge >= 0.3 is 5.69 Å². The number of nitrogens with two attached hydrogens (primary N) is 1. The molecule has 3 aromatic rings. The molecule has 162 valence electrons. The lowest BCUT2D eigenvalue weighted by Gasteiger charge is -2.31. The van der Waals surface area contributed by atoms with Crippen molar-refractivity contribution in [2.45, 2.75) is 32.5 Å². The van der Waals surface area contributed by atoms with Crippen LogP contribution in [0.15, 0.2) is 53.4 Å². The summed E-state index contributed by atoms with van der Waals surface area (Å²) in [5.74, 6) is 0.434. The molecule has 1 aromatic carbocycles. The molecule has 1 amide bonds. The van der Waals surface area contributed by atoms with E-state index in [1.807, 2.05) is 30.3 Å². The van der Waals surface area contributed by atoms with E-state index < -0.39 is 5.60 Å². The molecule has 0 unspecified atom stereocenters. The van der Waals surface area contributed by atoms with Crippen LogP contribution in [0.3, 0.4) is 0 Å². The zero-order valence-electron chi connectivity index (χ0n) is 17.1. The largest absolute Gasteiger partial charge is 0.476 e. The zero-order chi connectivity index (χ0) is 22.2. The molecule has 2 aromatic heterocycles. The van der Waals surface area contributed by atoms with E-state index in [9.17, 15) is 14.0 Å². The number of ether oxygens (including phenoxy) is 1. The van der Waals surface area contributed by atoms with Crippen LogP contribution in [-0.2, 0) is 17.9 Å². The van der Waals surface area contributed by atoms with Crippen LogP contribution in [0.5, 0.6) is 5.75 Å². The van der Waals surface area contributed by atoms with Crippen LogP contribution in [0.2, 0.25) is 0 Å². The predicted octanol–water partition coefficient (Wildman–Crippen LogP) is 2.74. The van der Waals surface area contributed by atoms with E-state index in [4.69, 9.17) is 10.5 Å². The van der Waals surface area contributed by atoms with E-state index in [-0.39, 0.29) is 24.7 Å². The number of thiophene rings is 1. The SMILES string of the molecule is CC1(C)Oc2cc(-c3ccc(Cn4cnn(C/C(=C/F)CN)c4=O)s3)ccc2NC1=O. The average molecular weight is 444 g/mol. The van der Waals surface area contributed by atoms with Gasteiger partial charge in [-0.3, -0.25) is 9.36 Å². The molecule has 0 bridgehead atoms. The standard InChI is InChI=1S/C21H22FN5O3S/c1-21(2)19(28)25-16-5-3-14(7-17(16)30-21)18-6-4-15(31-18)11-26-12-24-27(20(26)29)10-13(8-22)9-23/h3-8,12H,9-11,23H2,1-2H3,(H,25,28)/b13-8+. The van der Waals surface area contributed by atoms with Crippen molar-refractivity contribution in [1.82, 2.24) is 14.3 Å². The molecule has 0 fully saturated rings. The highest BCUT2D eigenvalue weighted by molar-refractivity contribution is 7.15. The van der Waals surface area contributed by atoms with Crippen LogP contribution in [0, 0.1) is 0 Å². The number of hydrogen-bond acceptors (Lipinski definition) is 6. The highest BCUT2D eigenvalue weighted by Crippen LogP contribution is 2.38. The summed E-state index contributed by atoms with van der Waals surface area (Å²) in [4.78, 5) is 26.5. The van der Waals surface area contributed by atoms with Gasteiger partial charge in [0.1, 0.15) is 12.1 Å². The summed E-state index contributed by atoms with van der Waals surface area (Å²) in [5, 5.41) is 6.89. The summed E-state index contributed by atoms with van der Waals surface area (Å²) in [7, 11) is 0. The van der Waals surface area contributed by atoms with Gasteiger partial charge in [0.05, 0.1) is 25.1 Å². The second kappa shape index (κ2) is 8.12. The Balaban J connectivity index is 1.53. The maximum atomic E-state index is 12.7. The van der Waals surface area contributed by atoms with Crippen LogP contribution in [0.25, 0.3) is 10.4 Å². The fraction of sp³-hybridized carbons (Fsp3) is 0.286. The lowest BCUT2D eigenvalue weighted by Crippen LogP contribution is -2.45. The van der Waals surface area contributed by atoms with Gasteiger partial charge in [-0.2, -0.15) is 5.10 Å². The fourth-order valence-corrected chi connectivity index (χ4v) is 4.17. The minimum absolute atomic E-state index is 0.0233. The van der Waals surface area contributed by atoms with Crippen LogP contribution in [0.4, 0.5) is 10.1 Å². The molecule has 1 aliphatic rings. The first kappa shape index (κ1) is 21.0. The number of fused-ring (bicyclic) bond motifs is 1. The van der Waals surface area contributed by atoms with Crippen molar-refractivity contribution < 1.29 is 13.9 Å². The summed E-state index contributed by atoms with van der Waals surface area (Å²) >= 11 is 1.54. The van der Waals surface area contributed by atoms with Crippen molar-refractivity contribution in [2.24, 2.45) is 5.73 Å². The maximum absolute atomic E-state index is 12.7. The number of hydrogen-bond donors (Lipinski definition) is 2. The van der Waals surface area contributed by atoms with Gasteiger partial charge in [0.2, 0.25) is 0 Å². The highest BCUT2D eigenvalue weighted by atomic mass is 32.1. The smallest absolute Gasteiger partial charge is 0.346 e. The van der Waals surface area contributed by atoms with E-state index in [1.54, 1.807) is 25.2 Å². The van der Waals surface area contributed by atoms with Gasteiger partial charge in [0.25, 0.3) is 5.91 Å². The Labute approximate surface area is 181 Å². The molecule has 3 heterocycles. The second-order valence-electron chi connectivity index (χ2n) is 7.71. The van der Waals surface area contributed by atoms with Gasteiger partial charge < -0.3 is 15.8 Å². The molecule has 4 rings (SSSR count). The number of aromatic nitrogens is 3. The van der Waals surface area contributed by atoms with Crippen molar-refractivity contribution >= 4 is 22.9 Å². The first-order valence-electron chi connectivity index (χ1n) is 9.65. The number of benzene rings is 1. The van der Waals surface area contributed by atoms with Gasteiger partial charge in [0, 0.05) is 16.3 Å². The van der Waals surface area contributed by atoms with Crippen LogP contribution >= 0.6 is 11.3 Å². The number of halogens is 1. The van der Waals surface area contributed by atoms with E-state index in [0.717, 1.165) is 15.3 Å². The number of nitrogens with one attached hydrogen (secondary N) is 1. The molecule has 0 aliphatic carbocycles. The third kappa shape index (κ3) is 4.17. The number of amides is 1. The first-order chi connectivity index (χ1) is 14.8. The molecular weight excluding hydrogens is 421 g/mol. The van der Waals surface area contributed by atoms with Gasteiger partial charge in [-0.05, 0) is 49.2 Å². The number of anilines is 1. The topological polar surface area (TPSA) is 104 Å². The molecule has 31 heavy (non-hydrogen) atoms. The van der Waals surface area contributed by atoms with Gasteiger partial charge in [-0.15, -0.1) is 11.3 Å². The van der Waals surface area contributed by atoms with Crippen molar-refractivity contribution in [1.29, 1.82) is 0 Å². The molecule has 0 saturated heterocycles. The Kier molecular flexibility index (Phi) is 5.50. The van der Waals surface area contributed by atoms with Crippen LogP contribution in [0.1, 0.15) is 18.7 Å². The van der Waals surface area contributed by atoms with E-state index >= 15 is 0 Å². The predicted molar refractivity (Wildman–Crippen MR) is 117 cm³/mol. The van der Waals surface area contributed by atoms with E-state index in [1.165, 1.54) is 15.6 Å². The Hall–Kier alpha value is -3.24. The third-order valence-corrected chi connectivity index (χ3v) is 6.10. The van der Waals surface area contributed by atoms with Crippen LogP contribution < -0.4 is 21.5 Å². The monoisotopic (exact) mass is 443 g/mol. The summed E-state index contributed by atoms with van der Waals surface area (Å²) in [6.07, 6.45) is 1.84. The van der Waals surface area contributed by atoms with Crippen LogP contribution in [-0.4, -0.2) is 32.4 Å². The molecule has 0 atom stereocenters. The summed E-state index contributed by atoms with van der Waals surface area (Å²) in [5.41, 5.74) is 6.06. The summed E-state index contributed by atoms with van der Waals surface area (Å²) < 4.78 is 21.3. The Morgan fingerprint density at radius 1 is 1.32 bits per heavy atom. The minimum Gasteiger partial charge on any atom is -0.476 e. The number of rotatable bonds is 6. The van der Waals surface area contributed by atoms with Crippen molar-refractivity contribution in [3.8, 4) is 16.2 Å². The van der Waals surface area contributed by atoms with Gasteiger partial charge in [-0.1, -0.05) is 6.07 Å². The molecule has 3 N–H and O–H groups in total. The molecule has 0 radical (unpaired) electrons. The minimum atomic E-state index is -0.936. The maximum Gasteiger partial charge on any atom is 0.346 e. The highest BCUT2D eigenvalue weighted by Gasteiger charge is 2.35. The molecule has 10 heteroatoms. The zero-order valence-corrected chi connectivity index (χ0v) is 17.9. The Morgan fingerprint density at radius 3 is 2.87 bits per heavy atom. The lowest BCUT2D eigenvalue weighted by atomic mass is 10.0. The van der Waals surface area contributed by atoms with E-state index in [2.05, 4.69) is 10.4 Å². The fourth-order valence-electron chi connectivity index (χ4n) is 3.17.